The molecule has 0 aromatic carbocycles. The number of nitrogens with one attached hydrogen (secondary N) is 1. The van der Waals surface area contributed by atoms with Gasteiger partial charge in [-0.15, -0.1) is 0 Å². The summed E-state index contributed by atoms with van der Waals surface area (Å²) in [6.45, 7) is 6.03. The quantitative estimate of drug-likeness (QED) is 0.877. The van der Waals surface area contributed by atoms with Crippen LogP contribution in [0.1, 0.15) is 44.7 Å². The lowest BCUT2D eigenvalue weighted by atomic mass is 10.2. The van der Waals surface area contributed by atoms with E-state index < -0.39 is 0 Å². The highest BCUT2D eigenvalue weighted by Crippen LogP contribution is 2.40. The van der Waals surface area contributed by atoms with Crippen LogP contribution in [-0.2, 0) is 6.54 Å². The van der Waals surface area contributed by atoms with E-state index in [0.717, 1.165) is 42.4 Å². The number of rotatable bonds is 6. The Morgan fingerprint density at radius 3 is 2.80 bits per heavy atom. The predicted molar refractivity (Wildman–Crippen MR) is 79.7 cm³/mol. The lowest BCUT2D eigenvalue weighted by molar-refractivity contribution is 0.660. The first kappa shape index (κ1) is 13.1. The van der Waals surface area contributed by atoms with Gasteiger partial charge in [0.2, 0.25) is 0 Å². The molecule has 0 unspecified atom stereocenters. The molecule has 1 aliphatic carbocycles. The first-order valence-electron chi connectivity index (χ1n) is 7.45. The standard InChI is InChI=1S/C15H21N5/c1-3-7-16-14-8-13(11-5-6-11)18-15(19-14)12-9-17-20(4-2)10-12/h8-11H,3-7H2,1-2H3,(H,16,18,19). The minimum Gasteiger partial charge on any atom is -0.370 e. The van der Waals surface area contributed by atoms with Crippen LogP contribution >= 0.6 is 0 Å². The van der Waals surface area contributed by atoms with E-state index in [4.69, 9.17) is 4.98 Å². The van der Waals surface area contributed by atoms with Gasteiger partial charge in [-0.1, -0.05) is 6.92 Å². The van der Waals surface area contributed by atoms with Gasteiger partial charge in [-0.25, -0.2) is 9.97 Å². The third kappa shape index (κ3) is 2.81. The Labute approximate surface area is 119 Å². The molecule has 0 radical (unpaired) electrons. The van der Waals surface area contributed by atoms with E-state index in [0.29, 0.717) is 5.92 Å². The SMILES string of the molecule is CCCNc1cc(C2CC2)nc(-c2cnn(CC)c2)n1. The molecule has 1 N–H and O–H groups in total. The van der Waals surface area contributed by atoms with Gasteiger partial charge in [-0.3, -0.25) is 4.68 Å². The van der Waals surface area contributed by atoms with Gasteiger partial charge >= 0.3 is 0 Å². The maximum absolute atomic E-state index is 4.72. The number of nitrogens with zero attached hydrogens (tertiary/aromatic N) is 4. The summed E-state index contributed by atoms with van der Waals surface area (Å²) in [7, 11) is 0. The smallest absolute Gasteiger partial charge is 0.164 e. The molecule has 5 heteroatoms. The number of hydrogen-bond donors (Lipinski definition) is 1. The lowest BCUT2D eigenvalue weighted by Crippen LogP contribution is -2.05. The number of anilines is 1. The van der Waals surface area contributed by atoms with Crippen LogP contribution in [0.15, 0.2) is 18.5 Å². The van der Waals surface area contributed by atoms with Gasteiger partial charge in [0.05, 0.1) is 11.8 Å². The second kappa shape index (κ2) is 5.61. The third-order valence-electron chi connectivity index (χ3n) is 3.51. The van der Waals surface area contributed by atoms with Crippen LogP contribution in [0.5, 0.6) is 0 Å². The minimum absolute atomic E-state index is 0.625. The summed E-state index contributed by atoms with van der Waals surface area (Å²) >= 11 is 0. The maximum atomic E-state index is 4.72. The van der Waals surface area contributed by atoms with Crippen molar-refractivity contribution in [2.45, 2.75) is 45.6 Å². The fraction of sp³-hybridized carbons (Fsp3) is 0.533. The van der Waals surface area contributed by atoms with Crippen LogP contribution in [0.4, 0.5) is 5.82 Å². The van der Waals surface area contributed by atoms with Crippen LogP contribution in [0.2, 0.25) is 0 Å². The molecule has 0 atom stereocenters. The Hall–Kier alpha value is -1.91. The second-order valence-electron chi connectivity index (χ2n) is 5.29. The second-order valence-corrected chi connectivity index (χ2v) is 5.29. The summed E-state index contributed by atoms with van der Waals surface area (Å²) in [5.41, 5.74) is 2.16. The Balaban J connectivity index is 1.93. The third-order valence-corrected chi connectivity index (χ3v) is 3.51. The molecular weight excluding hydrogens is 250 g/mol. The molecule has 5 nitrogen and oxygen atoms in total. The van der Waals surface area contributed by atoms with Crippen molar-refractivity contribution in [3.8, 4) is 11.4 Å². The summed E-state index contributed by atoms with van der Waals surface area (Å²) in [5.74, 6) is 2.34. The van der Waals surface area contributed by atoms with Crippen LogP contribution < -0.4 is 5.32 Å². The average molecular weight is 271 g/mol. The lowest BCUT2D eigenvalue weighted by Gasteiger charge is -2.08. The van der Waals surface area contributed by atoms with Gasteiger partial charge in [0.1, 0.15) is 5.82 Å². The van der Waals surface area contributed by atoms with E-state index in [1.807, 2.05) is 17.1 Å². The van der Waals surface area contributed by atoms with Crippen LogP contribution in [0, 0.1) is 0 Å². The van der Waals surface area contributed by atoms with E-state index in [-0.39, 0.29) is 0 Å². The van der Waals surface area contributed by atoms with Crippen molar-refractivity contribution in [2.24, 2.45) is 0 Å². The molecule has 1 aliphatic rings. The zero-order valence-electron chi connectivity index (χ0n) is 12.1. The molecular formula is C15H21N5. The molecule has 3 rings (SSSR count). The number of aryl methyl sites for hydroxylation is 1. The van der Waals surface area contributed by atoms with Gasteiger partial charge in [-0.05, 0) is 26.2 Å². The highest BCUT2D eigenvalue weighted by molar-refractivity contribution is 5.56. The summed E-state index contributed by atoms with van der Waals surface area (Å²) in [5, 5.41) is 7.68. The Bertz CT molecular complexity index is 586. The first-order valence-corrected chi connectivity index (χ1v) is 7.45. The van der Waals surface area contributed by atoms with Crippen molar-refractivity contribution in [1.82, 2.24) is 19.7 Å². The molecule has 20 heavy (non-hydrogen) atoms. The summed E-state index contributed by atoms with van der Waals surface area (Å²) in [6.07, 6.45) is 7.44. The molecule has 0 bridgehead atoms. The highest BCUT2D eigenvalue weighted by atomic mass is 15.3. The summed E-state index contributed by atoms with van der Waals surface area (Å²) in [6, 6.07) is 2.10. The Morgan fingerprint density at radius 1 is 1.30 bits per heavy atom. The zero-order chi connectivity index (χ0) is 13.9. The molecule has 2 heterocycles. The van der Waals surface area contributed by atoms with Crippen molar-refractivity contribution >= 4 is 5.82 Å². The van der Waals surface area contributed by atoms with Gasteiger partial charge < -0.3 is 5.32 Å². The molecule has 0 amide bonds. The molecule has 1 saturated carbocycles. The van der Waals surface area contributed by atoms with Gasteiger partial charge in [0.15, 0.2) is 5.82 Å². The highest BCUT2D eigenvalue weighted by Gasteiger charge is 2.26. The fourth-order valence-electron chi connectivity index (χ4n) is 2.18. The largest absolute Gasteiger partial charge is 0.370 e. The monoisotopic (exact) mass is 271 g/mol. The van der Waals surface area contributed by atoms with Gasteiger partial charge in [0.25, 0.3) is 0 Å². The minimum atomic E-state index is 0.625. The summed E-state index contributed by atoms with van der Waals surface area (Å²) in [4.78, 5) is 9.34. The van der Waals surface area contributed by atoms with Crippen LogP contribution in [0.25, 0.3) is 11.4 Å². The van der Waals surface area contributed by atoms with Crippen LogP contribution in [-0.4, -0.2) is 26.3 Å². The zero-order valence-corrected chi connectivity index (χ0v) is 12.1. The predicted octanol–water partition coefficient (Wildman–Crippen LogP) is 3.06. The van der Waals surface area contributed by atoms with Gasteiger partial charge in [0, 0.05) is 37.0 Å². The van der Waals surface area contributed by atoms with E-state index in [1.165, 1.54) is 12.8 Å². The Morgan fingerprint density at radius 2 is 2.15 bits per heavy atom. The van der Waals surface area contributed by atoms with Crippen molar-refractivity contribution < 1.29 is 0 Å². The molecule has 1 fully saturated rings. The van der Waals surface area contributed by atoms with Crippen LogP contribution in [0.3, 0.4) is 0 Å². The molecule has 106 valence electrons. The Kier molecular flexibility index (Phi) is 3.67. The first-order chi connectivity index (χ1) is 9.80. The summed E-state index contributed by atoms with van der Waals surface area (Å²) < 4.78 is 1.90. The maximum Gasteiger partial charge on any atom is 0.164 e. The number of aromatic nitrogens is 4. The molecule has 2 aromatic rings. The van der Waals surface area contributed by atoms with E-state index >= 15 is 0 Å². The van der Waals surface area contributed by atoms with Crippen molar-refractivity contribution in [2.75, 3.05) is 11.9 Å². The molecule has 2 aromatic heterocycles. The van der Waals surface area contributed by atoms with Crippen molar-refractivity contribution in [3.63, 3.8) is 0 Å². The van der Waals surface area contributed by atoms with Gasteiger partial charge in [-0.2, -0.15) is 5.10 Å². The molecule has 0 spiro atoms. The normalized spacial score (nSPS) is 14.5. The molecule has 0 aliphatic heterocycles. The van der Waals surface area contributed by atoms with Crippen molar-refractivity contribution in [1.29, 1.82) is 0 Å². The topological polar surface area (TPSA) is 55.6 Å². The molecule has 0 saturated heterocycles. The van der Waals surface area contributed by atoms with E-state index in [2.05, 4.69) is 35.3 Å². The van der Waals surface area contributed by atoms with Crippen molar-refractivity contribution in [3.05, 3.63) is 24.2 Å². The van der Waals surface area contributed by atoms with E-state index in [9.17, 15) is 0 Å². The van der Waals surface area contributed by atoms with E-state index in [1.54, 1.807) is 0 Å². The number of hydrogen-bond acceptors (Lipinski definition) is 4. The average Bonchev–Trinajstić information content (AvgIpc) is 3.22. The fourth-order valence-corrected chi connectivity index (χ4v) is 2.18.